The number of fused-ring (bicyclic) bond motifs is 1. The van der Waals surface area contributed by atoms with Gasteiger partial charge < -0.3 is 9.42 Å². The normalized spacial score (nSPS) is 26.2. The van der Waals surface area contributed by atoms with Gasteiger partial charge in [0.25, 0.3) is 0 Å². The molecule has 1 amide bonds. The predicted octanol–water partition coefficient (Wildman–Crippen LogP) is 2.04. The molecule has 0 spiro atoms. The first-order chi connectivity index (χ1) is 10.1. The molecule has 5 nitrogen and oxygen atoms in total. The fraction of sp³-hybridized carbons (Fsp3) is 0.625. The van der Waals surface area contributed by atoms with Gasteiger partial charge in [-0.2, -0.15) is 0 Å². The van der Waals surface area contributed by atoms with Crippen LogP contribution >= 0.6 is 0 Å². The summed E-state index contributed by atoms with van der Waals surface area (Å²) in [5.41, 5.74) is 2.17. The average molecular weight is 289 g/mol. The first-order valence-corrected chi connectivity index (χ1v) is 7.68. The Hall–Kier alpha value is -1.62. The lowest BCUT2D eigenvalue weighted by atomic mass is 9.96. The lowest BCUT2D eigenvalue weighted by Gasteiger charge is -2.39. The number of piperidine rings is 1. The van der Waals surface area contributed by atoms with E-state index in [1.165, 1.54) is 5.56 Å². The topological polar surface area (TPSA) is 49.6 Å². The SMILES string of the molecule is C=CCN1C(=O)CC[C@@H]2[C@H]1CCN2Cc1c(C)noc1C. The van der Waals surface area contributed by atoms with Crippen molar-refractivity contribution in [3.8, 4) is 0 Å². The van der Waals surface area contributed by atoms with Gasteiger partial charge in [0.1, 0.15) is 5.76 Å². The van der Waals surface area contributed by atoms with Crippen LogP contribution in [0.3, 0.4) is 0 Å². The summed E-state index contributed by atoms with van der Waals surface area (Å²) in [6, 6.07) is 0.793. The van der Waals surface area contributed by atoms with Crippen molar-refractivity contribution >= 4 is 5.91 Å². The molecule has 0 radical (unpaired) electrons. The maximum Gasteiger partial charge on any atom is 0.223 e. The number of carbonyl (C=O) groups is 1. The Kier molecular flexibility index (Phi) is 3.85. The Labute approximate surface area is 125 Å². The number of likely N-dealkylation sites (tertiary alicyclic amines) is 2. The van der Waals surface area contributed by atoms with Crippen LogP contribution < -0.4 is 0 Å². The Bertz CT molecular complexity index is 532. The maximum atomic E-state index is 12.1. The van der Waals surface area contributed by atoms with Gasteiger partial charge >= 0.3 is 0 Å². The molecule has 0 aromatic carbocycles. The van der Waals surface area contributed by atoms with Gasteiger partial charge in [-0.25, -0.2) is 0 Å². The van der Waals surface area contributed by atoms with E-state index in [4.69, 9.17) is 4.52 Å². The highest BCUT2D eigenvalue weighted by molar-refractivity contribution is 5.78. The van der Waals surface area contributed by atoms with Crippen molar-refractivity contribution in [3.63, 3.8) is 0 Å². The molecule has 114 valence electrons. The highest BCUT2D eigenvalue weighted by atomic mass is 16.5. The minimum Gasteiger partial charge on any atom is -0.361 e. The van der Waals surface area contributed by atoms with Gasteiger partial charge in [0.2, 0.25) is 5.91 Å². The average Bonchev–Trinajstić information content (AvgIpc) is 3.01. The molecule has 2 saturated heterocycles. The smallest absolute Gasteiger partial charge is 0.223 e. The van der Waals surface area contributed by atoms with Crippen molar-refractivity contribution in [2.45, 2.75) is 51.7 Å². The number of nitrogens with zero attached hydrogens (tertiary/aromatic N) is 3. The summed E-state index contributed by atoms with van der Waals surface area (Å²) in [7, 11) is 0. The van der Waals surface area contributed by atoms with Gasteiger partial charge in [-0.1, -0.05) is 11.2 Å². The van der Waals surface area contributed by atoms with E-state index in [9.17, 15) is 4.79 Å². The zero-order valence-electron chi connectivity index (χ0n) is 12.8. The maximum absolute atomic E-state index is 12.1. The second-order valence-electron chi connectivity index (χ2n) is 6.07. The van der Waals surface area contributed by atoms with E-state index < -0.39 is 0 Å². The molecular formula is C16H23N3O2. The number of aryl methyl sites for hydroxylation is 2. The molecule has 1 aromatic rings. The van der Waals surface area contributed by atoms with Crippen LogP contribution in [0, 0.1) is 13.8 Å². The molecule has 2 aliphatic heterocycles. The van der Waals surface area contributed by atoms with E-state index in [0.717, 1.165) is 37.4 Å². The standard InChI is InChI=1S/C16H23N3O2/c1-4-8-19-15-7-9-18(14(15)5-6-16(19)20)10-13-11(2)17-21-12(13)3/h4,14-15H,1,5-10H2,2-3H3/t14-,15-/m1/s1. The Morgan fingerprint density at radius 1 is 1.38 bits per heavy atom. The zero-order valence-corrected chi connectivity index (χ0v) is 12.8. The van der Waals surface area contributed by atoms with Crippen molar-refractivity contribution in [2.24, 2.45) is 0 Å². The highest BCUT2D eigenvalue weighted by Gasteiger charge is 2.42. The summed E-state index contributed by atoms with van der Waals surface area (Å²) in [5, 5.41) is 4.04. The molecule has 2 atom stereocenters. The monoisotopic (exact) mass is 289 g/mol. The molecule has 0 aliphatic carbocycles. The zero-order chi connectivity index (χ0) is 15.0. The summed E-state index contributed by atoms with van der Waals surface area (Å²) in [6.45, 7) is 10.3. The van der Waals surface area contributed by atoms with Crippen LogP contribution in [-0.4, -0.2) is 46.0 Å². The quantitative estimate of drug-likeness (QED) is 0.796. The third kappa shape index (κ3) is 2.50. The van der Waals surface area contributed by atoms with Crippen LogP contribution in [0.2, 0.25) is 0 Å². The number of amides is 1. The first-order valence-electron chi connectivity index (χ1n) is 7.68. The third-order valence-corrected chi connectivity index (χ3v) is 4.87. The van der Waals surface area contributed by atoms with Crippen LogP contribution in [-0.2, 0) is 11.3 Å². The van der Waals surface area contributed by atoms with Gasteiger partial charge in [0, 0.05) is 43.7 Å². The number of aromatic nitrogens is 1. The molecule has 0 N–H and O–H groups in total. The van der Waals surface area contributed by atoms with Gasteiger partial charge in [-0.3, -0.25) is 9.69 Å². The first kappa shape index (κ1) is 14.3. The Morgan fingerprint density at radius 3 is 2.86 bits per heavy atom. The lowest BCUT2D eigenvalue weighted by Crippen LogP contribution is -2.52. The van der Waals surface area contributed by atoms with Gasteiger partial charge in [-0.05, 0) is 26.7 Å². The molecule has 3 rings (SSSR count). The van der Waals surface area contributed by atoms with E-state index >= 15 is 0 Å². The summed E-state index contributed by atoms with van der Waals surface area (Å²) >= 11 is 0. The van der Waals surface area contributed by atoms with Crippen LogP contribution in [0.1, 0.15) is 36.3 Å². The van der Waals surface area contributed by atoms with Crippen molar-refractivity contribution < 1.29 is 9.32 Å². The Morgan fingerprint density at radius 2 is 2.19 bits per heavy atom. The molecule has 5 heteroatoms. The fourth-order valence-corrected chi connectivity index (χ4v) is 3.74. The summed E-state index contributed by atoms with van der Waals surface area (Å²) in [6.07, 6.45) is 4.48. The summed E-state index contributed by atoms with van der Waals surface area (Å²) in [5.74, 6) is 1.18. The van der Waals surface area contributed by atoms with Crippen molar-refractivity contribution in [2.75, 3.05) is 13.1 Å². The van der Waals surface area contributed by atoms with E-state index in [1.807, 2.05) is 24.8 Å². The summed E-state index contributed by atoms with van der Waals surface area (Å²) in [4.78, 5) is 16.6. The minimum atomic E-state index is 0.273. The second-order valence-corrected chi connectivity index (χ2v) is 6.07. The van der Waals surface area contributed by atoms with Crippen LogP contribution in [0.15, 0.2) is 17.2 Å². The van der Waals surface area contributed by atoms with Gasteiger partial charge in [0.15, 0.2) is 0 Å². The molecular weight excluding hydrogens is 266 g/mol. The lowest BCUT2D eigenvalue weighted by molar-refractivity contribution is -0.136. The van der Waals surface area contributed by atoms with E-state index in [1.54, 1.807) is 0 Å². The predicted molar refractivity (Wildman–Crippen MR) is 79.7 cm³/mol. The molecule has 21 heavy (non-hydrogen) atoms. The highest BCUT2D eigenvalue weighted by Crippen LogP contribution is 2.33. The minimum absolute atomic E-state index is 0.273. The van der Waals surface area contributed by atoms with Crippen molar-refractivity contribution in [3.05, 3.63) is 29.7 Å². The van der Waals surface area contributed by atoms with E-state index in [2.05, 4.69) is 16.6 Å². The number of hydrogen-bond donors (Lipinski definition) is 0. The third-order valence-electron chi connectivity index (χ3n) is 4.87. The number of carbonyl (C=O) groups excluding carboxylic acids is 1. The van der Waals surface area contributed by atoms with E-state index in [-0.39, 0.29) is 5.91 Å². The molecule has 0 bridgehead atoms. The molecule has 0 saturated carbocycles. The number of rotatable bonds is 4. The van der Waals surface area contributed by atoms with Crippen molar-refractivity contribution in [1.29, 1.82) is 0 Å². The Balaban J connectivity index is 1.75. The van der Waals surface area contributed by atoms with Crippen molar-refractivity contribution in [1.82, 2.24) is 15.0 Å². The second kappa shape index (κ2) is 5.64. The molecule has 2 fully saturated rings. The number of hydrogen-bond acceptors (Lipinski definition) is 4. The van der Waals surface area contributed by atoms with Crippen LogP contribution in [0.5, 0.6) is 0 Å². The summed E-state index contributed by atoms with van der Waals surface area (Å²) < 4.78 is 5.26. The van der Waals surface area contributed by atoms with Gasteiger partial charge in [0.05, 0.1) is 5.69 Å². The van der Waals surface area contributed by atoms with Crippen LogP contribution in [0.25, 0.3) is 0 Å². The molecule has 0 unspecified atom stereocenters. The van der Waals surface area contributed by atoms with E-state index in [0.29, 0.717) is 25.0 Å². The van der Waals surface area contributed by atoms with Crippen LogP contribution in [0.4, 0.5) is 0 Å². The van der Waals surface area contributed by atoms with Gasteiger partial charge in [-0.15, -0.1) is 6.58 Å². The molecule has 1 aromatic heterocycles. The fourth-order valence-electron chi connectivity index (χ4n) is 3.74. The molecule has 3 heterocycles. The molecule has 2 aliphatic rings. The largest absolute Gasteiger partial charge is 0.361 e.